The minimum Gasteiger partial charge on any atom is -0.870 e. The first-order valence-electron chi connectivity index (χ1n) is 42.6. The van der Waals surface area contributed by atoms with Crippen LogP contribution in [0.2, 0.25) is 25.1 Å². The van der Waals surface area contributed by atoms with Gasteiger partial charge in [-0.25, -0.2) is 32.3 Å². The Morgan fingerprint density at radius 3 is 1.04 bits per heavy atom. The number of carbonyl (C=O) groups is 8. The maximum Gasteiger partial charge on any atom is 1.00 e. The second kappa shape index (κ2) is 54.2. The number of hydrogen-bond donors (Lipinski definition) is 7. The number of hydrogen-bond acceptors (Lipinski definition) is 25. The summed E-state index contributed by atoms with van der Waals surface area (Å²) in [5, 5.41) is 48.2. The zero-order valence-electron chi connectivity index (χ0n) is 78.4. The molecule has 0 radical (unpaired) electrons. The van der Waals surface area contributed by atoms with E-state index in [-0.39, 0.29) is 194 Å². The van der Waals surface area contributed by atoms with E-state index in [1.807, 2.05) is 30.3 Å². The summed E-state index contributed by atoms with van der Waals surface area (Å²) in [6.45, 7) is 9.40. The number of nitrogens with zero attached hydrogens (tertiary/aromatic N) is 7. The number of anilines is 2. The van der Waals surface area contributed by atoms with Gasteiger partial charge < -0.3 is 89.8 Å². The smallest absolute Gasteiger partial charge is 0.870 e. The molecule has 3 amide bonds. The van der Waals surface area contributed by atoms with Gasteiger partial charge in [0.15, 0.2) is 0 Å². The SMILES string of the molecule is C.C.COC(=O)c1ccc(CN)cc1.COC(=O)c1ccc(CNC(=O)c2c(-c3c(F)cccc3Cl)noc2C)cc1.Cc1onc(-c2c(F)cccc2Cl)c1C(=O)Cl.Cc1onc(-c2c(F)cccc2Cl)c1C(=O)NCc1ccc(C(=O)O)cc1.Cc1onc2c1c(=O)n(Cc1ccc(C(=O)Nc3ccccc3N)cc1)c1cccc(Cl)c21.Cc1onc2c1c(=O)n(Cc1ccc(C(=O)O)cc1)c1cccc(Cl)c21.Cl.O.[Li+].[OH-]. The molecular formula is C105H91Cl7F3LiN12O21. The van der Waals surface area contributed by atoms with Crippen molar-refractivity contribution in [3.05, 3.63) is 401 Å². The Hall–Kier alpha value is -15.5. The van der Waals surface area contributed by atoms with Gasteiger partial charge in [-0.15, -0.1) is 12.4 Å². The van der Waals surface area contributed by atoms with E-state index < -0.39 is 52.4 Å². The molecule has 0 aliphatic heterocycles. The zero-order valence-corrected chi connectivity index (χ0v) is 83.8. The standard InChI is InChI=1S/C25H19ClN4O3.C20H16ClFN2O4.C19H14ClFN2O4.C19H13ClN2O4.C11H6Cl2FNO2.C9H11NO2.2CH4.ClH.Li.2H2O/c1-14-21-23(29-33-14)22-17(26)5-4-8-20(22)30(25(21)32)13-15-9-11-16(12-10-15)24(31)28-19-7-3-2-6-18(19)27;1-11-16(18(24-28-11)17-14(21)4-3-5-15(17)22)19(25)23-10-12-6-8-13(9-7-12)20(26)27-2;1-10-15(17(23-27-10)16-13(20)3-2-4-14(16)21)18(24)22-9-11-5-7-12(8-6-11)19(25)26;1-10-15-17(21-26-10)16-13(20)3-2-4-14(16)22(18(15)23)9-11-5-7-12(8-6-11)19(24)25;1-5-8(11(13)16)10(15-17-5)9-6(12)3-2-4-7(9)14;1-12-9(11)8-4-2-7(6-10)3-5-8;;;;;;/h2-12H,13,27H2,1H3,(H,28,31);3-9H,10H2,1-2H3,(H,23,25);2-8H,9H2,1H3,(H,22,24)(H,25,26);2-8H,9H2,1H3,(H,24,25);2-4H,1H3;2-5H,6,10H2,1H3;2*1H4;1H;;2*1H2/q;;;;;;;;;+1;;/p-1. The first-order chi connectivity index (χ1) is 68.5. The van der Waals surface area contributed by atoms with Gasteiger partial charge in [0.25, 0.3) is 34.1 Å². The predicted molar refractivity (Wildman–Crippen MR) is 558 cm³/mol. The molecule has 33 nitrogen and oxygen atoms in total. The van der Waals surface area contributed by atoms with E-state index in [1.165, 1.54) is 100 Å². The van der Waals surface area contributed by atoms with Crippen LogP contribution in [-0.2, 0) is 42.2 Å². The van der Waals surface area contributed by atoms with Crippen LogP contribution in [0.25, 0.3) is 77.4 Å². The van der Waals surface area contributed by atoms with Gasteiger partial charge in [0.1, 0.15) is 102 Å². The number of para-hydroxylation sites is 2. The molecule has 11 aromatic carbocycles. The van der Waals surface area contributed by atoms with Crippen molar-refractivity contribution in [3.63, 3.8) is 0 Å². The number of nitrogens with two attached hydrogens (primary N) is 2. The zero-order chi connectivity index (χ0) is 103. The summed E-state index contributed by atoms with van der Waals surface area (Å²) in [6.07, 6.45) is 0. The number of carbonyl (C=O) groups excluding carboxylic acids is 6. The molecule has 7 heterocycles. The first-order valence-corrected chi connectivity index (χ1v) is 44.8. The molecule has 0 aliphatic rings. The van der Waals surface area contributed by atoms with Gasteiger partial charge in [-0.1, -0.05) is 202 Å². The van der Waals surface area contributed by atoms with E-state index in [4.69, 9.17) is 114 Å². The largest absolute Gasteiger partial charge is 1.00 e. The maximum atomic E-state index is 14.2. The van der Waals surface area contributed by atoms with Gasteiger partial charge >= 0.3 is 42.7 Å². The number of methoxy groups -OCH3 is 2. The van der Waals surface area contributed by atoms with Crippen LogP contribution in [0.15, 0.2) is 269 Å². The van der Waals surface area contributed by atoms with Crippen molar-refractivity contribution in [2.45, 2.75) is 82.2 Å². The number of esters is 2. The number of rotatable bonds is 21. The Morgan fingerprint density at radius 1 is 0.396 bits per heavy atom. The van der Waals surface area contributed by atoms with Crippen LogP contribution in [0.4, 0.5) is 24.5 Å². The molecule has 0 spiro atoms. The van der Waals surface area contributed by atoms with Crippen LogP contribution < -0.4 is 57.4 Å². The third-order valence-corrected chi connectivity index (χ3v) is 23.7. The maximum absolute atomic E-state index is 14.2. The molecule has 0 saturated heterocycles. The number of aromatic carboxylic acids is 2. The number of nitrogen functional groups attached to an aromatic ring is 1. The molecule has 44 heteroatoms. The van der Waals surface area contributed by atoms with Gasteiger partial charge in [-0.05, 0) is 207 Å². The van der Waals surface area contributed by atoms with Crippen LogP contribution in [0.3, 0.4) is 0 Å². The number of aromatic nitrogens is 7. The number of aryl methyl sites for hydroxylation is 5. The Bertz CT molecular complexity index is 7990. The average molecular weight is 2170 g/mol. The van der Waals surface area contributed by atoms with E-state index in [0.29, 0.717) is 112 Å². The molecule has 0 saturated carbocycles. The van der Waals surface area contributed by atoms with E-state index in [9.17, 15) is 61.1 Å². The molecule has 7 aromatic heterocycles. The van der Waals surface area contributed by atoms with E-state index in [0.717, 1.165) is 22.3 Å². The van der Waals surface area contributed by atoms with Gasteiger partial charge in [-0.3, -0.25) is 28.8 Å². The fourth-order valence-corrected chi connectivity index (χ4v) is 16.2. The summed E-state index contributed by atoms with van der Waals surface area (Å²) in [5.41, 5.74) is 20.3. The number of nitrogens with one attached hydrogen (secondary N) is 3. The number of halogens is 10. The molecule has 149 heavy (non-hydrogen) atoms. The number of carboxylic acid groups (broad SMARTS) is 2. The summed E-state index contributed by atoms with van der Waals surface area (Å²) in [4.78, 5) is 120. The number of fused-ring (bicyclic) bond motifs is 6. The molecule has 0 fully saturated rings. The van der Waals surface area contributed by atoms with Gasteiger partial charge in [0.05, 0.1) is 114 Å². The monoisotopic (exact) mass is 2160 g/mol. The molecule has 12 N–H and O–H groups in total. The number of carboxylic acids is 2. The quantitative estimate of drug-likeness (QED) is 0.0152. The summed E-state index contributed by atoms with van der Waals surface area (Å²) in [5.74, 6) is -4.29. The van der Waals surface area contributed by atoms with Crippen molar-refractivity contribution < 1.29 is 124 Å². The Morgan fingerprint density at radius 2 is 0.705 bits per heavy atom. The Labute approximate surface area is 894 Å². The van der Waals surface area contributed by atoms with Gasteiger partial charge in [-0.2, -0.15) is 0 Å². The molecule has 0 bridgehead atoms. The van der Waals surface area contributed by atoms with E-state index in [1.54, 1.807) is 164 Å². The summed E-state index contributed by atoms with van der Waals surface area (Å²) in [7, 11) is 2.66. The molecule has 18 rings (SSSR count). The third-order valence-electron chi connectivity index (χ3n) is 21.9. The molecule has 0 unspecified atom stereocenters. The van der Waals surface area contributed by atoms with Crippen molar-refractivity contribution in [3.8, 4) is 33.8 Å². The third kappa shape index (κ3) is 27.9. The molecular weight excluding hydrogens is 2080 g/mol. The number of benzene rings is 11. The first kappa shape index (κ1) is 120. The fourth-order valence-electron chi connectivity index (χ4n) is 14.7. The number of pyridine rings is 2. The fraction of sp³-hybridized carbons (Fsp3) is 0.133. The number of ether oxygens (including phenoxy) is 2. The van der Waals surface area contributed by atoms with Crippen LogP contribution in [0, 0.1) is 52.1 Å². The summed E-state index contributed by atoms with van der Waals surface area (Å²) < 4.78 is 80.1. The summed E-state index contributed by atoms with van der Waals surface area (Å²) >= 11 is 36.2. The van der Waals surface area contributed by atoms with Gasteiger partial charge in [0, 0.05) is 36.0 Å². The van der Waals surface area contributed by atoms with E-state index >= 15 is 0 Å². The van der Waals surface area contributed by atoms with Crippen molar-refractivity contribution in [1.29, 1.82) is 0 Å². The predicted octanol–water partition coefficient (Wildman–Crippen LogP) is 19.5. The van der Waals surface area contributed by atoms with Crippen molar-refractivity contribution >= 4 is 184 Å². The van der Waals surface area contributed by atoms with Crippen LogP contribution in [-0.4, -0.2) is 117 Å². The molecule has 0 atom stereocenters. The molecule has 0 aliphatic carbocycles. The van der Waals surface area contributed by atoms with Crippen molar-refractivity contribution in [2.24, 2.45) is 5.73 Å². The topological polar surface area (TPSA) is 519 Å². The normalized spacial score (nSPS) is 10.3. The van der Waals surface area contributed by atoms with Crippen LogP contribution >= 0.6 is 82.0 Å². The number of amides is 3. The summed E-state index contributed by atoms with van der Waals surface area (Å²) in [6, 6.07) is 63.5. The average Bonchev–Trinajstić information content (AvgIpc) is 1.25. The molecule has 768 valence electrons. The van der Waals surface area contributed by atoms with Crippen LogP contribution in [0.5, 0.6) is 0 Å². The second-order valence-corrected chi connectivity index (χ2v) is 33.5. The second-order valence-electron chi connectivity index (χ2n) is 31.1. The van der Waals surface area contributed by atoms with Crippen molar-refractivity contribution in [2.75, 3.05) is 25.3 Å². The van der Waals surface area contributed by atoms with Crippen molar-refractivity contribution in [1.82, 2.24) is 45.6 Å². The minimum absolute atomic E-state index is 0. The Balaban J connectivity index is 0.000000245. The van der Waals surface area contributed by atoms with E-state index in [2.05, 4.69) is 51.2 Å². The van der Waals surface area contributed by atoms with Gasteiger partial charge in [0.2, 0.25) is 0 Å². The Kier molecular flexibility index (Phi) is 43.8. The molecule has 18 aromatic rings. The van der Waals surface area contributed by atoms with Crippen LogP contribution in [0.1, 0.15) is 154 Å². The minimum atomic E-state index is -1.03.